The van der Waals surface area contributed by atoms with Gasteiger partial charge in [0.05, 0.1) is 12.7 Å². The highest BCUT2D eigenvalue weighted by Gasteiger charge is 2.12. The second-order valence-electron chi connectivity index (χ2n) is 4.58. The van der Waals surface area contributed by atoms with Crippen LogP contribution < -0.4 is 10.2 Å². The van der Waals surface area contributed by atoms with Gasteiger partial charge in [0.15, 0.2) is 5.82 Å². The number of aliphatic imine (C=N–C) groups is 1. The van der Waals surface area contributed by atoms with E-state index in [1.54, 1.807) is 6.26 Å². The van der Waals surface area contributed by atoms with E-state index in [1.165, 1.54) is 5.56 Å². The molecule has 0 saturated carbocycles. The topological polar surface area (TPSA) is 53.7 Å². The van der Waals surface area contributed by atoms with Gasteiger partial charge in [-0.3, -0.25) is 4.99 Å². The molecule has 2 heterocycles. The van der Waals surface area contributed by atoms with E-state index in [2.05, 4.69) is 34.5 Å². The molecule has 0 aliphatic carbocycles. The van der Waals surface area contributed by atoms with E-state index in [-0.39, 0.29) is 6.04 Å². The fourth-order valence-corrected chi connectivity index (χ4v) is 2.05. The van der Waals surface area contributed by atoms with E-state index in [4.69, 9.17) is 4.52 Å². The molecule has 0 bridgehead atoms. The van der Waals surface area contributed by atoms with Gasteiger partial charge in [0.25, 0.3) is 0 Å². The number of benzene rings is 1. The van der Waals surface area contributed by atoms with Gasteiger partial charge in [-0.15, -0.1) is 0 Å². The second kappa shape index (κ2) is 5.61. The number of rotatable bonds is 3. The summed E-state index contributed by atoms with van der Waals surface area (Å²) in [5, 5.41) is 7.16. The molecular formula is C15H16N4O. The lowest BCUT2D eigenvalue weighted by Gasteiger charge is -2.23. The van der Waals surface area contributed by atoms with Gasteiger partial charge in [-0.2, -0.15) is 0 Å². The molecule has 1 aromatic heterocycles. The van der Waals surface area contributed by atoms with Gasteiger partial charge in [0.1, 0.15) is 12.1 Å². The van der Waals surface area contributed by atoms with Crippen molar-refractivity contribution in [2.24, 2.45) is 4.99 Å². The molecule has 1 N–H and O–H groups in total. The van der Waals surface area contributed by atoms with Gasteiger partial charge in [0.2, 0.25) is 0 Å². The van der Waals surface area contributed by atoms with Crippen LogP contribution in [0.15, 0.2) is 64.5 Å². The van der Waals surface area contributed by atoms with Gasteiger partial charge in [0, 0.05) is 12.3 Å². The van der Waals surface area contributed by atoms with Crippen LogP contribution >= 0.6 is 0 Å². The van der Waals surface area contributed by atoms with E-state index in [0.29, 0.717) is 6.67 Å². The predicted octanol–water partition coefficient (Wildman–Crippen LogP) is 2.72. The maximum absolute atomic E-state index is 4.83. The molecule has 1 aliphatic heterocycles. The minimum absolute atomic E-state index is 0.127. The summed E-state index contributed by atoms with van der Waals surface area (Å²) in [6, 6.07) is 12.2. The number of hydrogen-bond donors (Lipinski definition) is 1. The lowest BCUT2D eigenvalue weighted by Crippen LogP contribution is -2.38. The Balaban J connectivity index is 1.71. The summed E-state index contributed by atoms with van der Waals surface area (Å²) in [6.45, 7) is 2.71. The Morgan fingerprint density at radius 3 is 2.80 bits per heavy atom. The molecule has 20 heavy (non-hydrogen) atoms. The summed E-state index contributed by atoms with van der Waals surface area (Å²) in [6.07, 6.45) is 5.45. The first-order valence-electron chi connectivity index (χ1n) is 6.55. The number of aromatic nitrogens is 1. The Labute approximate surface area is 117 Å². The Morgan fingerprint density at radius 2 is 2.15 bits per heavy atom. The smallest absolute Gasteiger partial charge is 0.177 e. The molecule has 0 fully saturated rings. The fourth-order valence-electron chi connectivity index (χ4n) is 2.05. The summed E-state index contributed by atoms with van der Waals surface area (Å²) in [5.74, 6) is 1.66. The van der Waals surface area contributed by atoms with Crippen molar-refractivity contribution in [3.05, 3.63) is 60.5 Å². The summed E-state index contributed by atoms with van der Waals surface area (Å²) in [4.78, 5) is 6.62. The molecule has 1 aliphatic rings. The molecule has 102 valence electrons. The molecular weight excluding hydrogens is 252 g/mol. The largest absolute Gasteiger partial charge is 0.363 e. The average Bonchev–Trinajstić information content (AvgIpc) is 3.03. The lowest BCUT2D eigenvalue weighted by molar-refractivity contribution is 0.420. The third-order valence-electron chi connectivity index (χ3n) is 3.18. The van der Waals surface area contributed by atoms with Gasteiger partial charge in [-0.25, -0.2) is 0 Å². The van der Waals surface area contributed by atoms with Gasteiger partial charge >= 0.3 is 0 Å². The second-order valence-corrected chi connectivity index (χ2v) is 4.58. The maximum Gasteiger partial charge on any atom is 0.177 e. The highest BCUT2D eigenvalue weighted by atomic mass is 16.5. The van der Waals surface area contributed by atoms with Crippen molar-refractivity contribution < 1.29 is 4.52 Å². The first-order chi connectivity index (χ1) is 9.83. The zero-order valence-electron chi connectivity index (χ0n) is 11.2. The van der Waals surface area contributed by atoms with Crippen LogP contribution in [0, 0.1) is 0 Å². The van der Waals surface area contributed by atoms with Crippen molar-refractivity contribution in [2.45, 2.75) is 13.0 Å². The molecule has 0 spiro atoms. The maximum atomic E-state index is 4.83. The Morgan fingerprint density at radius 1 is 1.30 bits per heavy atom. The van der Waals surface area contributed by atoms with Crippen molar-refractivity contribution in [1.29, 1.82) is 0 Å². The third-order valence-corrected chi connectivity index (χ3v) is 3.18. The van der Waals surface area contributed by atoms with Crippen LogP contribution in [0.1, 0.15) is 18.5 Å². The average molecular weight is 268 g/mol. The molecule has 0 unspecified atom stereocenters. The number of hydrogen-bond acceptors (Lipinski definition) is 4. The van der Waals surface area contributed by atoms with E-state index in [0.717, 1.165) is 11.7 Å². The molecule has 5 heteroatoms. The van der Waals surface area contributed by atoms with Crippen LogP contribution in [0.25, 0.3) is 0 Å². The molecule has 0 saturated heterocycles. The van der Waals surface area contributed by atoms with Crippen LogP contribution in [0.5, 0.6) is 0 Å². The standard InChI is InChI=1S/C15H16N4O/c1-12(13-5-3-2-4-6-13)17-14-7-9-19(11-16-14)15-8-10-20-18-15/h2-10,12H,11H2,1H3,(H,16,17)/t12-/m0/s1. The van der Waals surface area contributed by atoms with Crippen molar-refractivity contribution in [2.75, 3.05) is 11.6 Å². The van der Waals surface area contributed by atoms with Crippen molar-refractivity contribution in [1.82, 2.24) is 10.5 Å². The third kappa shape index (κ3) is 2.71. The first-order valence-corrected chi connectivity index (χ1v) is 6.55. The molecule has 3 rings (SSSR count). The lowest BCUT2D eigenvalue weighted by atomic mass is 10.1. The van der Waals surface area contributed by atoms with Gasteiger partial charge in [-0.1, -0.05) is 35.5 Å². The summed E-state index contributed by atoms with van der Waals surface area (Å²) < 4.78 is 4.83. The van der Waals surface area contributed by atoms with Crippen LogP contribution in [0.4, 0.5) is 5.82 Å². The van der Waals surface area contributed by atoms with Crippen LogP contribution in [0.3, 0.4) is 0 Å². The van der Waals surface area contributed by atoms with Crippen molar-refractivity contribution in [3.63, 3.8) is 0 Å². The Hall–Kier alpha value is -2.56. The monoisotopic (exact) mass is 268 g/mol. The van der Waals surface area contributed by atoms with E-state index < -0.39 is 0 Å². The van der Waals surface area contributed by atoms with E-state index in [1.807, 2.05) is 41.4 Å². The number of nitrogens with zero attached hydrogens (tertiary/aromatic N) is 3. The Kier molecular flexibility index (Phi) is 3.50. The molecule has 1 atom stereocenters. The SMILES string of the molecule is C[C@H](N=C1C=CN(c2ccon2)CN1)c1ccccc1. The molecule has 5 nitrogen and oxygen atoms in total. The highest BCUT2D eigenvalue weighted by molar-refractivity contribution is 5.94. The summed E-state index contributed by atoms with van der Waals surface area (Å²) in [5.41, 5.74) is 1.20. The molecule has 1 aromatic carbocycles. The molecule has 0 radical (unpaired) electrons. The van der Waals surface area contributed by atoms with Crippen LogP contribution in [-0.2, 0) is 0 Å². The predicted molar refractivity (Wildman–Crippen MR) is 78.4 cm³/mol. The van der Waals surface area contributed by atoms with Crippen LogP contribution in [0.2, 0.25) is 0 Å². The summed E-state index contributed by atoms with van der Waals surface area (Å²) >= 11 is 0. The summed E-state index contributed by atoms with van der Waals surface area (Å²) in [7, 11) is 0. The fraction of sp³-hybridized carbons (Fsp3) is 0.200. The van der Waals surface area contributed by atoms with Gasteiger partial charge in [-0.05, 0) is 18.6 Å². The minimum atomic E-state index is 0.127. The zero-order valence-corrected chi connectivity index (χ0v) is 11.2. The van der Waals surface area contributed by atoms with Gasteiger partial charge < -0.3 is 14.7 Å². The van der Waals surface area contributed by atoms with E-state index in [9.17, 15) is 0 Å². The number of nitrogens with one attached hydrogen (secondary N) is 1. The van der Waals surface area contributed by atoms with Crippen molar-refractivity contribution in [3.8, 4) is 0 Å². The molecule has 0 amide bonds. The van der Waals surface area contributed by atoms with Crippen molar-refractivity contribution >= 4 is 11.7 Å². The number of amidine groups is 1. The zero-order chi connectivity index (χ0) is 13.8. The van der Waals surface area contributed by atoms with E-state index >= 15 is 0 Å². The molecule has 2 aromatic rings. The number of anilines is 1. The normalized spacial score (nSPS) is 18.1. The Bertz CT molecular complexity index is 604. The quantitative estimate of drug-likeness (QED) is 0.930. The van der Waals surface area contributed by atoms with Crippen LogP contribution in [-0.4, -0.2) is 17.7 Å². The minimum Gasteiger partial charge on any atom is -0.363 e. The first kappa shape index (κ1) is 12.5. The highest BCUT2D eigenvalue weighted by Crippen LogP contribution is 2.17.